The number of nitrogens with one attached hydrogen (secondary N) is 1. The number of amides is 1. The largest absolute Gasteiger partial charge is 0.381 e. The molecule has 0 radical (unpaired) electrons. The lowest BCUT2D eigenvalue weighted by atomic mass is 9.99. The predicted octanol–water partition coefficient (Wildman–Crippen LogP) is 2.79. The first-order chi connectivity index (χ1) is 14.1. The van der Waals surface area contributed by atoms with Crippen LogP contribution in [0.5, 0.6) is 0 Å². The van der Waals surface area contributed by atoms with Gasteiger partial charge in [-0.25, -0.2) is 0 Å². The molecule has 7 nitrogen and oxygen atoms in total. The Bertz CT molecular complexity index is 841. The van der Waals surface area contributed by atoms with Crippen molar-refractivity contribution in [3.63, 3.8) is 0 Å². The highest BCUT2D eigenvalue weighted by atomic mass is 16.5. The van der Waals surface area contributed by atoms with Gasteiger partial charge in [-0.1, -0.05) is 12.1 Å². The van der Waals surface area contributed by atoms with Gasteiger partial charge in [0.25, 0.3) is 0 Å². The summed E-state index contributed by atoms with van der Waals surface area (Å²) < 4.78 is 5.31. The molecule has 0 bridgehead atoms. The topological polar surface area (TPSA) is 70.6 Å². The first-order valence-electron chi connectivity index (χ1n) is 10.4. The first-order valence-corrected chi connectivity index (χ1v) is 10.4. The van der Waals surface area contributed by atoms with Crippen LogP contribution in [0.4, 0.5) is 17.3 Å². The van der Waals surface area contributed by atoms with E-state index >= 15 is 0 Å². The van der Waals surface area contributed by atoms with Crippen molar-refractivity contribution in [2.75, 3.05) is 54.5 Å². The number of ether oxygens (including phenoxy) is 1. The van der Waals surface area contributed by atoms with Crippen LogP contribution >= 0.6 is 0 Å². The molecule has 1 aromatic carbocycles. The molecule has 0 aliphatic carbocycles. The van der Waals surface area contributed by atoms with Crippen LogP contribution in [-0.2, 0) is 9.53 Å². The lowest BCUT2D eigenvalue weighted by molar-refractivity contribution is -0.122. The standard InChI is InChI=1S/C22H29N5O2/c1-16-4-3-5-19(17(16)2)26-10-12-27(13-11-26)21-7-6-20(24-25-21)23-22(28)18-8-14-29-15-9-18/h3-7,18H,8-15H2,1-2H3,(H,23,24,28). The maximum Gasteiger partial charge on any atom is 0.228 e. The number of rotatable bonds is 4. The van der Waals surface area contributed by atoms with Crippen LogP contribution in [-0.4, -0.2) is 55.5 Å². The maximum atomic E-state index is 12.3. The molecule has 1 N–H and O–H groups in total. The summed E-state index contributed by atoms with van der Waals surface area (Å²) in [6.45, 7) is 9.35. The second-order valence-corrected chi connectivity index (χ2v) is 7.85. The van der Waals surface area contributed by atoms with Crippen molar-refractivity contribution < 1.29 is 9.53 Å². The predicted molar refractivity (Wildman–Crippen MR) is 115 cm³/mol. The lowest BCUT2D eigenvalue weighted by Gasteiger charge is -2.37. The Labute approximate surface area is 172 Å². The number of benzene rings is 1. The van der Waals surface area contributed by atoms with E-state index in [1.807, 2.05) is 12.1 Å². The van der Waals surface area contributed by atoms with E-state index in [2.05, 4.69) is 57.4 Å². The molecule has 0 spiro atoms. The lowest BCUT2D eigenvalue weighted by Crippen LogP contribution is -2.47. The number of piperazine rings is 1. The third-order valence-corrected chi connectivity index (χ3v) is 6.01. The van der Waals surface area contributed by atoms with Crippen molar-refractivity contribution in [1.29, 1.82) is 0 Å². The van der Waals surface area contributed by atoms with Crippen LogP contribution in [0.3, 0.4) is 0 Å². The van der Waals surface area contributed by atoms with Crippen molar-refractivity contribution >= 4 is 23.2 Å². The van der Waals surface area contributed by atoms with Crippen molar-refractivity contribution in [1.82, 2.24) is 10.2 Å². The van der Waals surface area contributed by atoms with Crippen LogP contribution in [0.25, 0.3) is 0 Å². The van der Waals surface area contributed by atoms with Crippen LogP contribution in [0.2, 0.25) is 0 Å². The van der Waals surface area contributed by atoms with Crippen LogP contribution in [0.1, 0.15) is 24.0 Å². The van der Waals surface area contributed by atoms with Gasteiger partial charge in [-0.2, -0.15) is 0 Å². The molecule has 0 atom stereocenters. The number of aromatic nitrogens is 2. The summed E-state index contributed by atoms with van der Waals surface area (Å²) in [5.74, 6) is 1.38. The average molecular weight is 396 g/mol. The zero-order valence-corrected chi connectivity index (χ0v) is 17.2. The first kappa shape index (κ1) is 19.6. The Hall–Kier alpha value is -2.67. The van der Waals surface area contributed by atoms with Gasteiger partial charge in [0.1, 0.15) is 0 Å². The van der Waals surface area contributed by atoms with E-state index in [-0.39, 0.29) is 11.8 Å². The van der Waals surface area contributed by atoms with Crippen LogP contribution < -0.4 is 15.1 Å². The molecule has 0 unspecified atom stereocenters. The van der Waals surface area contributed by atoms with E-state index in [0.717, 1.165) is 44.8 Å². The van der Waals surface area contributed by atoms with Gasteiger partial charge in [-0.15, -0.1) is 10.2 Å². The minimum atomic E-state index is 0.00313. The molecule has 7 heteroatoms. The van der Waals surface area contributed by atoms with Gasteiger partial charge in [0.2, 0.25) is 5.91 Å². The van der Waals surface area contributed by atoms with E-state index < -0.39 is 0 Å². The number of anilines is 3. The van der Waals surface area contributed by atoms with E-state index in [1.54, 1.807) is 0 Å². The van der Waals surface area contributed by atoms with Gasteiger partial charge >= 0.3 is 0 Å². The molecule has 4 rings (SSSR count). The molecule has 2 aliphatic rings. The van der Waals surface area contributed by atoms with Gasteiger partial charge in [0.15, 0.2) is 11.6 Å². The Kier molecular flexibility index (Phi) is 5.94. The Morgan fingerprint density at radius 3 is 2.41 bits per heavy atom. The molecule has 2 aromatic rings. The summed E-state index contributed by atoms with van der Waals surface area (Å²) >= 11 is 0. The summed E-state index contributed by atoms with van der Waals surface area (Å²) in [5.41, 5.74) is 4.00. The third kappa shape index (κ3) is 4.50. The fourth-order valence-corrected chi connectivity index (χ4v) is 4.00. The molecule has 154 valence electrons. The van der Waals surface area contributed by atoms with Crippen molar-refractivity contribution in [3.8, 4) is 0 Å². The smallest absolute Gasteiger partial charge is 0.228 e. The van der Waals surface area contributed by atoms with Crippen molar-refractivity contribution in [3.05, 3.63) is 41.5 Å². The SMILES string of the molecule is Cc1cccc(N2CCN(c3ccc(NC(=O)C4CCOCC4)nn3)CC2)c1C. The molecule has 2 saturated heterocycles. The Morgan fingerprint density at radius 2 is 1.72 bits per heavy atom. The highest BCUT2D eigenvalue weighted by Crippen LogP contribution is 2.25. The monoisotopic (exact) mass is 395 g/mol. The summed E-state index contributed by atoms with van der Waals surface area (Å²) in [6, 6.07) is 10.3. The average Bonchev–Trinajstić information content (AvgIpc) is 2.77. The molecular weight excluding hydrogens is 366 g/mol. The molecule has 2 aliphatic heterocycles. The molecular formula is C22H29N5O2. The molecule has 0 saturated carbocycles. The Balaban J connectivity index is 1.33. The van der Waals surface area contributed by atoms with Gasteiger partial charge < -0.3 is 19.9 Å². The number of carbonyl (C=O) groups excluding carboxylic acids is 1. The van der Waals surface area contributed by atoms with Crippen molar-refractivity contribution in [2.45, 2.75) is 26.7 Å². The van der Waals surface area contributed by atoms with E-state index in [0.29, 0.717) is 19.0 Å². The molecule has 29 heavy (non-hydrogen) atoms. The van der Waals surface area contributed by atoms with E-state index in [4.69, 9.17) is 4.74 Å². The highest BCUT2D eigenvalue weighted by molar-refractivity contribution is 5.91. The summed E-state index contributed by atoms with van der Waals surface area (Å²) in [4.78, 5) is 17.0. The number of nitrogens with zero attached hydrogens (tertiary/aromatic N) is 4. The zero-order valence-electron chi connectivity index (χ0n) is 17.2. The fraction of sp³-hybridized carbons (Fsp3) is 0.500. The van der Waals surface area contributed by atoms with Crippen LogP contribution in [0.15, 0.2) is 30.3 Å². The summed E-state index contributed by atoms with van der Waals surface area (Å²) in [6.07, 6.45) is 1.53. The second-order valence-electron chi connectivity index (χ2n) is 7.85. The Morgan fingerprint density at radius 1 is 1.00 bits per heavy atom. The number of aryl methyl sites for hydroxylation is 1. The molecule has 3 heterocycles. The molecule has 1 aromatic heterocycles. The van der Waals surface area contributed by atoms with Gasteiger partial charge in [-0.3, -0.25) is 4.79 Å². The zero-order chi connectivity index (χ0) is 20.2. The fourth-order valence-electron chi connectivity index (χ4n) is 4.00. The van der Waals surface area contributed by atoms with Gasteiger partial charge in [0, 0.05) is 51.0 Å². The third-order valence-electron chi connectivity index (χ3n) is 6.01. The van der Waals surface area contributed by atoms with Crippen molar-refractivity contribution in [2.24, 2.45) is 5.92 Å². The number of carbonyl (C=O) groups is 1. The normalized spacial score (nSPS) is 18.0. The summed E-state index contributed by atoms with van der Waals surface area (Å²) in [5, 5.41) is 11.5. The van der Waals surface area contributed by atoms with Gasteiger partial charge in [0.05, 0.1) is 0 Å². The summed E-state index contributed by atoms with van der Waals surface area (Å²) in [7, 11) is 0. The highest BCUT2D eigenvalue weighted by Gasteiger charge is 2.23. The minimum Gasteiger partial charge on any atom is -0.381 e. The van der Waals surface area contributed by atoms with Crippen LogP contribution in [0, 0.1) is 19.8 Å². The second kappa shape index (κ2) is 8.78. The molecule has 2 fully saturated rings. The quantitative estimate of drug-likeness (QED) is 0.858. The maximum absolute atomic E-state index is 12.3. The van der Waals surface area contributed by atoms with E-state index in [1.165, 1.54) is 16.8 Å². The van der Waals surface area contributed by atoms with E-state index in [9.17, 15) is 4.79 Å². The minimum absolute atomic E-state index is 0.00313. The van der Waals surface area contributed by atoms with Gasteiger partial charge in [-0.05, 0) is 56.0 Å². The molecule has 1 amide bonds. The number of hydrogen-bond acceptors (Lipinski definition) is 6. The number of hydrogen-bond donors (Lipinski definition) is 1.